The molecule has 2 rings (SSSR count). The molecule has 1 unspecified atom stereocenters. The zero-order chi connectivity index (χ0) is 17.2. The smallest absolute Gasteiger partial charge is 0.299 e. The summed E-state index contributed by atoms with van der Waals surface area (Å²) in [5, 5.41) is 0. The van der Waals surface area contributed by atoms with Crippen LogP contribution in [0.15, 0.2) is 17.0 Å². The Hall–Kier alpha value is -0.950. The molecule has 0 bridgehead atoms. The van der Waals surface area contributed by atoms with E-state index >= 15 is 0 Å². The molecule has 0 saturated carbocycles. The minimum Gasteiger partial charge on any atom is -0.299 e. The lowest BCUT2D eigenvalue weighted by atomic mass is 9.98. The van der Waals surface area contributed by atoms with Crippen LogP contribution in [0.2, 0.25) is 0 Å². The van der Waals surface area contributed by atoms with Crippen molar-refractivity contribution in [1.29, 1.82) is 0 Å². The zero-order valence-corrected chi connectivity index (χ0v) is 14.1. The average molecular weight is 351 g/mol. The number of aryl methyl sites for hydroxylation is 1. The molecular formula is C16H21F4NOS. The van der Waals surface area contributed by atoms with Gasteiger partial charge in [-0.3, -0.25) is 9.11 Å². The Bertz CT molecular complexity index is 580. The maximum atomic E-state index is 14.1. The fourth-order valence-electron chi connectivity index (χ4n) is 2.75. The third-order valence-electron chi connectivity index (χ3n) is 4.15. The highest BCUT2D eigenvalue weighted by Gasteiger charge is 2.32. The number of hydrogen-bond acceptors (Lipinski definition) is 2. The van der Waals surface area contributed by atoms with Gasteiger partial charge in [0.25, 0.3) is 0 Å². The minimum atomic E-state index is -4.51. The molecule has 7 heteroatoms. The zero-order valence-electron chi connectivity index (χ0n) is 13.3. The van der Waals surface area contributed by atoms with Crippen LogP contribution in [-0.2, 0) is 17.3 Å². The second-order valence-electron chi connectivity index (χ2n) is 6.27. The first-order valence-corrected chi connectivity index (χ1v) is 8.94. The van der Waals surface area contributed by atoms with E-state index in [1.165, 1.54) is 19.1 Å². The van der Waals surface area contributed by atoms with Gasteiger partial charge in [-0.2, -0.15) is 13.2 Å². The molecule has 0 N–H and O–H groups in total. The second-order valence-corrected chi connectivity index (χ2v) is 7.69. The van der Waals surface area contributed by atoms with Gasteiger partial charge in [0.05, 0.1) is 10.8 Å². The van der Waals surface area contributed by atoms with Gasteiger partial charge in [0.1, 0.15) is 11.6 Å². The molecule has 1 aromatic carbocycles. The van der Waals surface area contributed by atoms with Gasteiger partial charge in [-0.05, 0) is 56.5 Å². The van der Waals surface area contributed by atoms with Gasteiger partial charge < -0.3 is 0 Å². The SMILES string of the molecule is Cc1cc(F)c(CN2CCC(C)CC2)cc1S(=O)CC(F)(F)F. The summed E-state index contributed by atoms with van der Waals surface area (Å²) in [7, 11) is -2.21. The van der Waals surface area contributed by atoms with Crippen LogP contribution < -0.4 is 0 Å². The Balaban J connectivity index is 2.17. The van der Waals surface area contributed by atoms with Crippen LogP contribution in [0.1, 0.15) is 30.9 Å². The van der Waals surface area contributed by atoms with Crippen molar-refractivity contribution in [1.82, 2.24) is 4.90 Å². The minimum absolute atomic E-state index is 0.0732. The third kappa shape index (κ3) is 5.28. The highest BCUT2D eigenvalue weighted by molar-refractivity contribution is 7.85. The molecule has 1 heterocycles. The largest absolute Gasteiger partial charge is 0.400 e. The molecule has 0 spiro atoms. The van der Waals surface area contributed by atoms with Crippen LogP contribution in [-0.4, -0.2) is 34.1 Å². The molecule has 0 amide bonds. The predicted molar refractivity (Wildman–Crippen MR) is 82.1 cm³/mol. The molecule has 23 heavy (non-hydrogen) atoms. The maximum absolute atomic E-state index is 14.1. The fraction of sp³-hybridized carbons (Fsp3) is 0.625. The van der Waals surface area contributed by atoms with Crippen LogP contribution in [0.5, 0.6) is 0 Å². The summed E-state index contributed by atoms with van der Waals surface area (Å²) in [6, 6.07) is 2.52. The van der Waals surface area contributed by atoms with Gasteiger partial charge in [-0.15, -0.1) is 0 Å². The van der Waals surface area contributed by atoms with Gasteiger partial charge in [-0.1, -0.05) is 6.92 Å². The molecular weight excluding hydrogens is 330 g/mol. The number of alkyl halides is 3. The van der Waals surface area contributed by atoms with Crippen LogP contribution in [0.3, 0.4) is 0 Å². The lowest BCUT2D eigenvalue weighted by Gasteiger charge is -2.30. The van der Waals surface area contributed by atoms with E-state index in [1.807, 2.05) is 0 Å². The molecule has 130 valence electrons. The molecule has 2 nitrogen and oxygen atoms in total. The first-order chi connectivity index (χ1) is 10.7. The molecule has 0 aliphatic carbocycles. The average Bonchev–Trinajstić information content (AvgIpc) is 2.42. The van der Waals surface area contributed by atoms with Crippen molar-refractivity contribution >= 4 is 10.8 Å². The Morgan fingerprint density at radius 2 is 1.87 bits per heavy atom. The van der Waals surface area contributed by atoms with Crippen molar-refractivity contribution in [3.63, 3.8) is 0 Å². The van der Waals surface area contributed by atoms with E-state index in [9.17, 15) is 21.8 Å². The van der Waals surface area contributed by atoms with E-state index in [0.717, 1.165) is 25.9 Å². The second kappa shape index (κ2) is 7.30. The van der Waals surface area contributed by atoms with Crippen molar-refractivity contribution in [3.05, 3.63) is 29.1 Å². The molecule has 0 radical (unpaired) electrons. The van der Waals surface area contributed by atoms with Crippen molar-refractivity contribution < 1.29 is 21.8 Å². The molecule has 1 saturated heterocycles. The van der Waals surface area contributed by atoms with E-state index in [0.29, 0.717) is 23.6 Å². The first kappa shape index (κ1) is 18.4. The lowest BCUT2D eigenvalue weighted by molar-refractivity contribution is -0.105. The number of halogens is 4. The highest BCUT2D eigenvalue weighted by atomic mass is 32.2. The Morgan fingerprint density at radius 1 is 1.26 bits per heavy atom. The van der Waals surface area contributed by atoms with E-state index in [2.05, 4.69) is 11.8 Å². The highest BCUT2D eigenvalue weighted by Crippen LogP contribution is 2.26. The summed E-state index contributed by atoms with van der Waals surface area (Å²) in [4.78, 5) is 2.16. The third-order valence-corrected chi connectivity index (χ3v) is 5.67. The van der Waals surface area contributed by atoms with E-state index in [4.69, 9.17) is 0 Å². The number of rotatable bonds is 4. The van der Waals surface area contributed by atoms with Gasteiger partial charge in [0.2, 0.25) is 0 Å². The molecule has 1 atom stereocenters. The summed E-state index contributed by atoms with van der Waals surface area (Å²) in [5.41, 5.74) is 0.608. The number of hydrogen-bond donors (Lipinski definition) is 0. The Kier molecular flexibility index (Phi) is 5.84. The Labute approximate surface area is 136 Å². The normalized spacial score (nSPS) is 19.0. The van der Waals surface area contributed by atoms with Gasteiger partial charge in [0, 0.05) is 17.0 Å². The van der Waals surface area contributed by atoms with Gasteiger partial charge in [0.15, 0.2) is 0 Å². The monoisotopic (exact) mass is 351 g/mol. The van der Waals surface area contributed by atoms with Gasteiger partial charge >= 0.3 is 6.18 Å². The molecule has 0 aromatic heterocycles. The molecule has 1 aromatic rings. The first-order valence-electron chi connectivity index (χ1n) is 7.62. The van der Waals surface area contributed by atoms with Crippen LogP contribution >= 0.6 is 0 Å². The summed E-state index contributed by atoms with van der Waals surface area (Å²) in [6.07, 6.45) is -2.45. The van der Waals surface area contributed by atoms with Crippen molar-refractivity contribution in [2.24, 2.45) is 5.92 Å². The standard InChI is InChI=1S/C16H21F4NOS/c1-11-3-5-21(6-4-11)9-13-8-15(12(2)7-14(13)17)23(22)10-16(18,19)20/h7-8,11H,3-6,9-10H2,1-2H3. The lowest BCUT2D eigenvalue weighted by Crippen LogP contribution is -2.32. The van der Waals surface area contributed by atoms with Gasteiger partial charge in [-0.25, -0.2) is 4.39 Å². The topological polar surface area (TPSA) is 20.3 Å². The van der Waals surface area contributed by atoms with Crippen molar-refractivity contribution in [2.75, 3.05) is 18.8 Å². The number of nitrogens with zero attached hydrogens (tertiary/aromatic N) is 1. The molecule has 1 aliphatic heterocycles. The van der Waals surface area contributed by atoms with Crippen LogP contribution in [0, 0.1) is 18.7 Å². The summed E-state index contributed by atoms with van der Waals surface area (Å²) < 4.78 is 63.4. The molecule has 1 fully saturated rings. The van der Waals surface area contributed by atoms with Crippen LogP contribution in [0.4, 0.5) is 17.6 Å². The van der Waals surface area contributed by atoms with E-state index in [1.54, 1.807) is 0 Å². The van der Waals surface area contributed by atoms with E-state index in [-0.39, 0.29) is 4.90 Å². The van der Waals surface area contributed by atoms with E-state index < -0.39 is 28.5 Å². The molecule has 1 aliphatic rings. The predicted octanol–water partition coefficient (Wildman–Crippen LogP) is 4.04. The Morgan fingerprint density at radius 3 is 2.43 bits per heavy atom. The maximum Gasteiger partial charge on any atom is 0.400 e. The number of likely N-dealkylation sites (tertiary alicyclic amines) is 1. The quantitative estimate of drug-likeness (QED) is 0.763. The number of benzene rings is 1. The summed E-state index contributed by atoms with van der Waals surface area (Å²) in [5.74, 6) is -1.21. The summed E-state index contributed by atoms with van der Waals surface area (Å²) in [6.45, 7) is 5.68. The fourth-order valence-corrected chi connectivity index (χ4v) is 3.89. The number of piperidine rings is 1. The van der Waals surface area contributed by atoms with Crippen molar-refractivity contribution in [3.8, 4) is 0 Å². The van der Waals surface area contributed by atoms with Crippen molar-refractivity contribution in [2.45, 2.75) is 44.3 Å². The van der Waals surface area contributed by atoms with Crippen LogP contribution in [0.25, 0.3) is 0 Å². The summed E-state index contributed by atoms with van der Waals surface area (Å²) >= 11 is 0.